The molecule has 2 heteroatoms. The SMILES string of the molecule is C/C=C\c1oc2c(C3CC(C)C(C)=N3)cccc2c1CC. The molecule has 110 valence electrons. The number of hydrogen-bond acceptors (Lipinski definition) is 2. The summed E-state index contributed by atoms with van der Waals surface area (Å²) >= 11 is 0. The van der Waals surface area contributed by atoms with Crippen molar-refractivity contribution < 1.29 is 4.42 Å². The Balaban J connectivity index is 2.17. The molecule has 0 spiro atoms. The number of benzene rings is 1. The van der Waals surface area contributed by atoms with E-state index in [1.807, 2.05) is 13.0 Å². The van der Waals surface area contributed by atoms with Gasteiger partial charge in [-0.15, -0.1) is 0 Å². The molecule has 3 rings (SSSR count). The second kappa shape index (κ2) is 5.51. The highest BCUT2D eigenvalue weighted by Gasteiger charge is 2.26. The predicted octanol–water partition coefficient (Wildman–Crippen LogP) is 5.57. The van der Waals surface area contributed by atoms with E-state index < -0.39 is 0 Å². The maximum Gasteiger partial charge on any atom is 0.140 e. The van der Waals surface area contributed by atoms with Gasteiger partial charge in [0.2, 0.25) is 0 Å². The molecule has 1 aromatic heterocycles. The van der Waals surface area contributed by atoms with Gasteiger partial charge >= 0.3 is 0 Å². The Morgan fingerprint density at radius 3 is 2.81 bits per heavy atom. The Kier molecular flexibility index (Phi) is 3.71. The van der Waals surface area contributed by atoms with Crippen LogP contribution in [0.15, 0.2) is 33.7 Å². The van der Waals surface area contributed by atoms with Crippen LogP contribution >= 0.6 is 0 Å². The first-order valence-electron chi connectivity index (χ1n) is 7.87. The van der Waals surface area contributed by atoms with Crippen molar-refractivity contribution >= 4 is 22.8 Å². The Labute approximate surface area is 126 Å². The highest BCUT2D eigenvalue weighted by Crippen LogP contribution is 2.39. The zero-order chi connectivity index (χ0) is 15.0. The van der Waals surface area contributed by atoms with Crippen LogP contribution in [0.1, 0.15) is 57.0 Å². The fraction of sp³-hybridized carbons (Fsp3) is 0.421. The zero-order valence-corrected chi connectivity index (χ0v) is 13.3. The number of rotatable bonds is 3. The van der Waals surface area contributed by atoms with Crippen molar-refractivity contribution in [1.82, 2.24) is 0 Å². The molecule has 2 heterocycles. The Hall–Kier alpha value is -1.83. The lowest BCUT2D eigenvalue weighted by Gasteiger charge is -2.08. The van der Waals surface area contributed by atoms with Crippen molar-refractivity contribution in [2.24, 2.45) is 10.9 Å². The second-order valence-electron chi connectivity index (χ2n) is 5.95. The molecule has 0 radical (unpaired) electrons. The van der Waals surface area contributed by atoms with E-state index in [0.717, 1.165) is 24.2 Å². The second-order valence-corrected chi connectivity index (χ2v) is 5.95. The van der Waals surface area contributed by atoms with Crippen LogP contribution in [0.2, 0.25) is 0 Å². The van der Waals surface area contributed by atoms with E-state index in [1.165, 1.54) is 22.2 Å². The Bertz CT molecular complexity index is 720. The van der Waals surface area contributed by atoms with E-state index in [-0.39, 0.29) is 6.04 Å². The molecule has 0 fully saturated rings. The molecule has 2 atom stereocenters. The van der Waals surface area contributed by atoms with Crippen molar-refractivity contribution in [2.45, 2.75) is 46.6 Å². The molecule has 0 bridgehead atoms. The summed E-state index contributed by atoms with van der Waals surface area (Å²) in [4.78, 5) is 4.84. The number of furan rings is 1. The molecule has 0 aliphatic carbocycles. The maximum atomic E-state index is 6.19. The van der Waals surface area contributed by atoms with E-state index in [0.29, 0.717) is 5.92 Å². The summed E-state index contributed by atoms with van der Waals surface area (Å²) in [6.45, 7) is 8.60. The first-order valence-corrected chi connectivity index (χ1v) is 7.87. The molecule has 1 aromatic carbocycles. The molecule has 2 nitrogen and oxygen atoms in total. The van der Waals surface area contributed by atoms with Crippen molar-refractivity contribution in [3.8, 4) is 0 Å². The van der Waals surface area contributed by atoms with Gasteiger partial charge in [-0.05, 0) is 38.7 Å². The average Bonchev–Trinajstić information content (AvgIpc) is 2.99. The summed E-state index contributed by atoms with van der Waals surface area (Å²) in [6, 6.07) is 6.73. The van der Waals surface area contributed by atoms with Gasteiger partial charge in [-0.3, -0.25) is 4.99 Å². The van der Waals surface area contributed by atoms with Crippen molar-refractivity contribution in [2.75, 3.05) is 0 Å². The van der Waals surface area contributed by atoms with Crippen molar-refractivity contribution in [3.05, 3.63) is 41.2 Å². The molecule has 1 aliphatic heterocycles. The van der Waals surface area contributed by atoms with Gasteiger partial charge in [0, 0.05) is 22.2 Å². The van der Waals surface area contributed by atoms with Gasteiger partial charge in [-0.1, -0.05) is 38.1 Å². The number of aliphatic imine (C=N–C) groups is 1. The molecule has 0 saturated heterocycles. The first-order chi connectivity index (χ1) is 10.2. The number of para-hydroxylation sites is 1. The minimum absolute atomic E-state index is 0.248. The van der Waals surface area contributed by atoms with Crippen LogP contribution in [0.4, 0.5) is 0 Å². The molecular weight excluding hydrogens is 258 g/mol. The predicted molar refractivity (Wildman–Crippen MR) is 89.9 cm³/mol. The quantitative estimate of drug-likeness (QED) is 0.722. The molecule has 2 unspecified atom stereocenters. The Morgan fingerprint density at radius 1 is 1.38 bits per heavy atom. The van der Waals surface area contributed by atoms with Crippen LogP contribution in [0, 0.1) is 5.92 Å². The minimum atomic E-state index is 0.248. The van der Waals surface area contributed by atoms with Gasteiger partial charge in [0.05, 0.1) is 6.04 Å². The van der Waals surface area contributed by atoms with Gasteiger partial charge in [0.15, 0.2) is 0 Å². The largest absolute Gasteiger partial charge is 0.456 e. The summed E-state index contributed by atoms with van der Waals surface area (Å²) in [5.74, 6) is 1.56. The Morgan fingerprint density at radius 2 is 2.19 bits per heavy atom. The van der Waals surface area contributed by atoms with Crippen LogP contribution in [0.25, 0.3) is 17.0 Å². The van der Waals surface area contributed by atoms with E-state index in [4.69, 9.17) is 9.41 Å². The minimum Gasteiger partial charge on any atom is -0.456 e. The van der Waals surface area contributed by atoms with Gasteiger partial charge in [0.25, 0.3) is 0 Å². The smallest absolute Gasteiger partial charge is 0.140 e. The van der Waals surface area contributed by atoms with Crippen LogP contribution in [-0.2, 0) is 6.42 Å². The van der Waals surface area contributed by atoms with Gasteiger partial charge in [-0.2, -0.15) is 0 Å². The zero-order valence-electron chi connectivity index (χ0n) is 13.3. The molecule has 2 aromatic rings. The van der Waals surface area contributed by atoms with Gasteiger partial charge < -0.3 is 4.42 Å². The third kappa shape index (κ3) is 2.33. The van der Waals surface area contributed by atoms with Gasteiger partial charge in [0.1, 0.15) is 11.3 Å². The van der Waals surface area contributed by atoms with Crippen LogP contribution in [-0.4, -0.2) is 5.71 Å². The van der Waals surface area contributed by atoms with Crippen LogP contribution in [0.5, 0.6) is 0 Å². The molecule has 0 amide bonds. The number of aryl methyl sites for hydroxylation is 1. The number of allylic oxidation sites excluding steroid dienone is 1. The number of fused-ring (bicyclic) bond motifs is 1. The molecule has 21 heavy (non-hydrogen) atoms. The van der Waals surface area contributed by atoms with E-state index in [1.54, 1.807) is 0 Å². The van der Waals surface area contributed by atoms with Crippen molar-refractivity contribution in [3.63, 3.8) is 0 Å². The highest BCUT2D eigenvalue weighted by molar-refractivity contribution is 5.89. The summed E-state index contributed by atoms with van der Waals surface area (Å²) in [6.07, 6.45) is 6.18. The fourth-order valence-electron chi connectivity index (χ4n) is 3.25. The number of hydrogen-bond donors (Lipinski definition) is 0. The normalized spacial score (nSPS) is 22.4. The lowest BCUT2D eigenvalue weighted by atomic mass is 9.96. The van der Waals surface area contributed by atoms with E-state index in [9.17, 15) is 0 Å². The van der Waals surface area contributed by atoms with Gasteiger partial charge in [-0.25, -0.2) is 0 Å². The lowest BCUT2D eigenvalue weighted by Crippen LogP contribution is -1.99. The summed E-state index contributed by atoms with van der Waals surface area (Å²) in [7, 11) is 0. The molecule has 0 N–H and O–H groups in total. The summed E-state index contributed by atoms with van der Waals surface area (Å²) < 4.78 is 6.19. The molecule has 1 aliphatic rings. The fourth-order valence-corrected chi connectivity index (χ4v) is 3.25. The maximum absolute atomic E-state index is 6.19. The third-order valence-corrected chi connectivity index (χ3v) is 4.56. The molecular formula is C19H23NO. The topological polar surface area (TPSA) is 25.5 Å². The third-order valence-electron chi connectivity index (χ3n) is 4.56. The average molecular weight is 281 g/mol. The van der Waals surface area contributed by atoms with E-state index in [2.05, 4.69) is 45.0 Å². The lowest BCUT2D eigenvalue weighted by molar-refractivity contribution is 0.577. The monoisotopic (exact) mass is 281 g/mol. The van der Waals surface area contributed by atoms with E-state index >= 15 is 0 Å². The van der Waals surface area contributed by atoms with Crippen LogP contribution in [0.3, 0.4) is 0 Å². The highest BCUT2D eigenvalue weighted by atomic mass is 16.3. The standard InChI is InChI=1S/C19H23NO/c1-5-8-18-14(6-2)15-9-7-10-16(19(15)21-18)17-11-12(3)13(4)20-17/h5,7-10,12,17H,6,11H2,1-4H3/b8-5-. The molecule has 0 saturated carbocycles. The number of nitrogens with zero attached hydrogens (tertiary/aromatic N) is 1. The van der Waals surface area contributed by atoms with Crippen molar-refractivity contribution in [1.29, 1.82) is 0 Å². The summed E-state index contributed by atoms with van der Waals surface area (Å²) in [5.41, 5.74) is 4.82. The first kappa shape index (κ1) is 14.1. The van der Waals surface area contributed by atoms with Crippen LogP contribution < -0.4 is 0 Å². The summed E-state index contributed by atoms with van der Waals surface area (Å²) in [5, 5.41) is 1.25.